The molecule has 22 heavy (non-hydrogen) atoms. The van der Waals surface area contributed by atoms with Crippen molar-refractivity contribution in [3.05, 3.63) is 18.0 Å². The lowest BCUT2D eigenvalue weighted by Crippen LogP contribution is -2.58. The van der Waals surface area contributed by atoms with Gasteiger partial charge in [-0.25, -0.2) is 0 Å². The predicted molar refractivity (Wildman–Crippen MR) is 86.3 cm³/mol. The Bertz CT molecular complexity index is 526. The molecule has 0 radical (unpaired) electrons. The van der Waals surface area contributed by atoms with Gasteiger partial charge in [-0.05, 0) is 52.5 Å². The Hall–Kier alpha value is -1.36. The zero-order chi connectivity index (χ0) is 15.6. The van der Waals surface area contributed by atoms with E-state index in [9.17, 15) is 4.79 Å². The molecule has 1 aromatic heterocycles. The molecule has 0 bridgehead atoms. The van der Waals surface area contributed by atoms with Gasteiger partial charge in [-0.15, -0.1) is 0 Å². The van der Waals surface area contributed by atoms with Gasteiger partial charge in [-0.1, -0.05) is 0 Å². The summed E-state index contributed by atoms with van der Waals surface area (Å²) in [5, 5.41) is 7.72. The van der Waals surface area contributed by atoms with Gasteiger partial charge in [-0.2, -0.15) is 5.10 Å². The largest absolute Gasteiger partial charge is 0.349 e. The van der Waals surface area contributed by atoms with E-state index in [0.29, 0.717) is 12.5 Å². The van der Waals surface area contributed by atoms with E-state index in [1.807, 2.05) is 10.9 Å². The third-order valence-corrected chi connectivity index (χ3v) is 5.27. The summed E-state index contributed by atoms with van der Waals surface area (Å²) in [6.45, 7) is 7.33. The van der Waals surface area contributed by atoms with E-state index in [1.54, 1.807) is 0 Å². The van der Waals surface area contributed by atoms with Crippen LogP contribution in [0.4, 0.5) is 0 Å². The molecule has 0 aromatic carbocycles. The van der Waals surface area contributed by atoms with Crippen LogP contribution in [0.3, 0.4) is 0 Å². The van der Waals surface area contributed by atoms with Crippen LogP contribution in [0.1, 0.15) is 57.9 Å². The first-order chi connectivity index (χ1) is 10.6. The molecule has 2 aliphatic rings. The highest BCUT2D eigenvalue weighted by Crippen LogP contribution is 2.33. The fraction of sp³-hybridized carbons (Fsp3) is 0.765. The van der Waals surface area contributed by atoms with Gasteiger partial charge in [0.05, 0.1) is 11.7 Å². The Morgan fingerprint density at radius 2 is 2.27 bits per heavy atom. The Morgan fingerprint density at radius 1 is 1.41 bits per heavy atom. The number of aryl methyl sites for hydroxylation is 1. The Labute approximate surface area is 133 Å². The van der Waals surface area contributed by atoms with E-state index in [4.69, 9.17) is 0 Å². The van der Waals surface area contributed by atoms with Crippen molar-refractivity contribution in [2.45, 2.75) is 77.0 Å². The number of nitrogens with zero attached hydrogens (tertiary/aromatic N) is 3. The van der Waals surface area contributed by atoms with Crippen LogP contribution in [-0.4, -0.2) is 38.7 Å². The van der Waals surface area contributed by atoms with Gasteiger partial charge in [0.25, 0.3) is 0 Å². The number of carbonyl (C=O) groups excluding carboxylic acids is 1. The van der Waals surface area contributed by atoms with Gasteiger partial charge in [-0.3, -0.25) is 14.4 Å². The van der Waals surface area contributed by atoms with Crippen LogP contribution in [0.25, 0.3) is 0 Å². The van der Waals surface area contributed by atoms with E-state index in [2.05, 4.69) is 35.4 Å². The second-order valence-corrected chi connectivity index (χ2v) is 7.01. The molecule has 0 unspecified atom stereocenters. The highest BCUT2D eigenvalue weighted by molar-refractivity contribution is 5.77. The molecule has 1 aromatic rings. The van der Waals surface area contributed by atoms with Gasteiger partial charge in [0.1, 0.15) is 0 Å². The van der Waals surface area contributed by atoms with Crippen molar-refractivity contribution in [2.75, 3.05) is 6.54 Å². The minimum absolute atomic E-state index is 0.0785. The predicted octanol–water partition coefficient (Wildman–Crippen LogP) is 2.32. The van der Waals surface area contributed by atoms with Crippen LogP contribution in [0.15, 0.2) is 12.4 Å². The highest BCUT2D eigenvalue weighted by atomic mass is 16.1. The minimum atomic E-state index is -0.0785. The molecule has 2 saturated heterocycles. The topological polar surface area (TPSA) is 50.2 Å². The van der Waals surface area contributed by atoms with Crippen molar-refractivity contribution in [3.8, 4) is 0 Å². The summed E-state index contributed by atoms with van der Waals surface area (Å²) in [5.41, 5.74) is 1.20. The zero-order valence-electron chi connectivity index (χ0n) is 13.8. The van der Waals surface area contributed by atoms with Gasteiger partial charge in [0.15, 0.2) is 0 Å². The highest BCUT2D eigenvalue weighted by Gasteiger charge is 2.41. The van der Waals surface area contributed by atoms with Crippen molar-refractivity contribution in [1.82, 2.24) is 20.0 Å². The molecule has 0 aliphatic carbocycles. The Kier molecular flexibility index (Phi) is 4.52. The van der Waals surface area contributed by atoms with E-state index in [1.165, 1.54) is 18.4 Å². The number of nitrogens with one attached hydrogen (secondary N) is 1. The second-order valence-electron chi connectivity index (χ2n) is 7.01. The maximum atomic E-state index is 12.0. The first-order valence-electron chi connectivity index (χ1n) is 8.67. The Morgan fingerprint density at radius 3 is 3.05 bits per heavy atom. The van der Waals surface area contributed by atoms with Gasteiger partial charge >= 0.3 is 0 Å². The van der Waals surface area contributed by atoms with Crippen LogP contribution < -0.4 is 5.32 Å². The molecular formula is C17H28N4O. The molecule has 1 amide bonds. The summed E-state index contributed by atoms with van der Waals surface area (Å²) in [4.78, 5) is 14.6. The molecule has 122 valence electrons. The normalized spacial score (nSPS) is 30.3. The fourth-order valence-electron chi connectivity index (χ4n) is 4.10. The van der Waals surface area contributed by atoms with Crippen LogP contribution in [0, 0.1) is 0 Å². The summed E-state index contributed by atoms with van der Waals surface area (Å²) in [6, 6.07) is 0.437. The number of rotatable bonds is 3. The molecule has 2 fully saturated rings. The number of amides is 1. The molecule has 3 rings (SSSR count). The quantitative estimate of drug-likeness (QED) is 0.932. The first-order valence-corrected chi connectivity index (χ1v) is 8.67. The van der Waals surface area contributed by atoms with Gasteiger partial charge < -0.3 is 5.32 Å². The SMILES string of the molecule is CCn1cc(CN2CCCC[C@]3(C)NC(=O)CCC[C@H]23)cn1. The molecular weight excluding hydrogens is 276 g/mol. The average Bonchev–Trinajstić information content (AvgIpc) is 2.81. The fourth-order valence-corrected chi connectivity index (χ4v) is 4.10. The lowest BCUT2D eigenvalue weighted by atomic mass is 9.85. The van der Waals surface area contributed by atoms with Crippen molar-refractivity contribution in [2.24, 2.45) is 0 Å². The van der Waals surface area contributed by atoms with Crippen LogP contribution in [0.5, 0.6) is 0 Å². The summed E-state index contributed by atoms with van der Waals surface area (Å²) < 4.78 is 1.99. The summed E-state index contributed by atoms with van der Waals surface area (Å²) >= 11 is 0. The second kappa shape index (κ2) is 6.41. The first kappa shape index (κ1) is 15.5. The maximum Gasteiger partial charge on any atom is 0.220 e. The van der Waals surface area contributed by atoms with Crippen molar-refractivity contribution < 1.29 is 4.79 Å². The van der Waals surface area contributed by atoms with Crippen LogP contribution in [0.2, 0.25) is 0 Å². The maximum absolute atomic E-state index is 12.0. The van der Waals surface area contributed by atoms with E-state index < -0.39 is 0 Å². The van der Waals surface area contributed by atoms with Gasteiger partial charge in [0, 0.05) is 37.3 Å². The van der Waals surface area contributed by atoms with Crippen LogP contribution >= 0.6 is 0 Å². The number of likely N-dealkylation sites (tertiary alicyclic amines) is 1. The van der Waals surface area contributed by atoms with Crippen molar-refractivity contribution in [1.29, 1.82) is 0 Å². The molecule has 1 N–H and O–H groups in total. The van der Waals surface area contributed by atoms with Crippen molar-refractivity contribution >= 4 is 5.91 Å². The smallest absolute Gasteiger partial charge is 0.220 e. The average molecular weight is 304 g/mol. The lowest BCUT2D eigenvalue weighted by molar-refractivity contribution is -0.122. The third kappa shape index (κ3) is 3.19. The summed E-state index contributed by atoms with van der Waals surface area (Å²) in [6.07, 6.45) is 10.4. The monoisotopic (exact) mass is 304 g/mol. The summed E-state index contributed by atoms with van der Waals surface area (Å²) in [5.74, 6) is 0.227. The third-order valence-electron chi connectivity index (χ3n) is 5.27. The molecule has 0 spiro atoms. The molecule has 5 nitrogen and oxygen atoms in total. The zero-order valence-corrected chi connectivity index (χ0v) is 13.8. The van der Waals surface area contributed by atoms with E-state index >= 15 is 0 Å². The number of aromatic nitrogens is 2. The van der Waals surface area contributed by atoms with E-state index in [0.717, 1.165) is 38.9 Å². The number of carbonyl (C=O) groups is 1. The molecule has 2 atom stereocenters. The molecule has 2 aliphatic heterocycles. The number of fused-ring (bicyclic) bond motifs is 1. The Balaban J connectivity index is 1.80. The van der Waals surface area contributed by atoms with Crippen LogP contribution in [-0.2, 0) is 17.9 Å². The molecule has 0 saturated carbocycles. The van der Waals surface area contributed by atoms with E-state index in [-0.39, 0.29) is 11.4 Å². The molecule has 3 heterocycles. The molecule has 5 heteroatoms. The number of hydrogen-bond donors (Lipinski definition) is 1. The lowest BCUT2D eigenvalue weighted by Gasteiger charge is -2.41. The summed E-state index contributed by atoms with van der Waals surface area (Å²) in [7, 11) is 0. The standard InChI is InChI=1S/C17H28N4O/c1-3-21-13-14(11-18-21)12-20-10-5-4-9-17(2)15(20)7-6-8-16(22)19-17/h11,13,15H,3-10,12H2,1-2H3,(H,19,22)/t15-,17-/m0/s1. The minimum Gasteiger partial charge on any atom is -0.349 e. The number of hydrogen-bond acceptors (Lipinski definition) is 3. The van der Waals surface area contributed by atoms with Crippen molar-refractivity contribution in [3.63, 3.8) is 0 Å². The van der Waals surface area contributed by atoms with Gasteiger partial charge in [0.2, 0.25) is 5.91 Å².